The van der Waals surface area contributed by atoms with Gasteiger partial charge in [0, 0.05) is 42.7 Å². The fourth-order valence-electron chi connectivity index (χ4n) is 2.68. The van der Waals surface area contributed by atoms with Crippen LogP contribution in [0.1, 0.15) is 0 Å². The number of hydrogen-bond acceptors (Lipinski definition) is 4. The van der Waals surface area contributed by atoms with Crippen molar-refractivity contribution in [3.8, 4) is 0 Å². The molecule has 2 saturated heterocycles. The van der Waals surface area contributed by atoms with E-state index in [1.807, 2.05) is 12.1 Å². The summed E-state index contributed by atoms with van der Waals surface area (Å²) in [5.74, 6) is 1.26. The predicted octanol–water partition coefficient (Wildman–Crippen LogP) is 1.68. The van der Waals surface area contributed by atoms with Crippen molar-refractivity contribution >= 4 is 11.4 Å². The molecule has 2 fully saturated rings. The van der Waals surface area contributed by atoms with Gasteiger partial charge in [-0.3, -0.25) is 10.1 Å². The topological polar surface area (TPSA) is 55.6 Å². The minimum Gasteiger partial charge on any atom is -0.381 e. The van der Waals surface area contributed by atoms with Gasteiger partial charge < -0.3 is 9.64 Å². The molecule has 5 heteroatoms. The van der Waals surface area contributed by atoms with Gasteiger partial charge in [-0.2, -0.15) is 0 Å². The van der Waals surface area contributed by atoms with E-state index in [-0.39, 0.29) is 10.6 Å². The Morgan fingerprint density at radius 2 is 1.76 bits per heavy atom. The maximum atomic E-state index is 10.6. The van der Waals surface area contributed by atoms with Gasteiger partial charge in [0.15, 0.2) is 0 Å². The van der Waals surface area contributed by atoms with Crippen molar-refractivity contribution in [1.29, 1.82) is 0 Å². The van der Waals surface area contributed by atoms with Crippen LogP contribution in [0.25, 0.3) is 0 Å². The number of fused-ring (bicyclic) bond motifs is 1. The monoisotopic (exact) mass is 234 g/mol. The first-order valence-electron chi connectivity index (χ1n) is 5.81. The van der Waals surface area contributed by atoms with Crippen molar-refractivity contribution in [3.05, 3.63) is 34.4 Å². The molecule has 0 amide bonds. The SMILES string of the molecule is O=[N+]([O-])c1ccc(N2C[C@H]3COC[C@H]3C2)cc1. The minimum atomic E-state index is -0.365. The van der Waals surface area contributed by atoms with E-state index in [2.05, 4.69) is 4.90 Å². The fourth-order valence-corrected chi connectivity index (χ4v) is 2.68. The van der Waals surface area contributed by atoms with Crippen LogP contribution in [0.5, 0.6) is 0 Å². The summed E-state index contributed by atoms with van der Waals surface area (Å²) in [6.45, 7) is 3.72. The van der Waals surface area contributed by atoms with Crippen LogP contribution < -0.4 is 4.90 Å². The predicted molar refractivity (Wildman–Crippen MR) is 63.1 cm³/mol. The summed E-state index contributed by atoms with van der Waals surface area (Å²) in [6.07, 6.45) is 0. The third-order valence-electron chi connectivity index (χ3n) is 3.67. The third kappa shape index (κ3) is 1.86. The number of rotatable bonds is 2. The van der Waals surface area contributed by atoms with Gasteiger partial charge in [0.1, 0.15) is 0 Å². The number of hydrogen-bond donors (Lipinski definition) is 0. The van der Waals surface area contributed by atoms with E-state index in [1.165, 1.54) is 0 Å². The Morgan fingerprint density at radius 3 is 2.29 bits per heavy atom. The number of nitro benzene ring substituents is 1. The standard InChI is InChI=1S/C12H14N2O3/c15-14(16)12-3-1-11(2-4-12)13-5-9-7-17-8-10(9)6-13/h1-4,9-10H,5-8H2/t9-,10+. The maximum absolute atomic E-state index is 10.6. The van der Waals surface area contributed by atoms with Gasteiger partial charge in [-0.25, -0.2) is 0 Å². The molecule has 90 valence electrons. The van der Waals surface area contributed by atoms with Crippen LogP contribution in [-0.2, 0) is 4.74 Å². The summed E-state index contributed by atoms with van der Waals surface area (Å²) in [7, 11) is 0. The number of nitro groups is 1. The van der Waals surface area contributed by atoms with E-state index in [9.17, 15) is 10.1 Å². The van der Waals surface area contributed by atoms with Crippen LogP contribution in [0, 0.1) is 22.0 Å². The molecular formula is C12H14N2O3. The zero-order valence-electron chi connectivity index (χ0n) is 9.41. The van der Waals surface area contributed by atoms with Gasteiger partial charge in [-0.1, -0.05) is 0 Å². The number of benzene rings is 1. The summed E-state index contributed by atoms with van der Waals surface area (Å²) in [5, 5.41) is 10.6. The molecule has 0 bridgehead atoms. The first-order valence-corrected chi connectivity index (χ1v) is 5.81. The second kappa shape index (κ2) is 4.00. The van der Waals surface area contributed by atoms with Gasteiger partial charge in [0.2, 0.25) is 0 Å². The molecule has 5 nitrogen and oxygen atoms in total. The van der Waals surface area contributed by atoms with Crippen LogP contribution >= 0.6 is 0 Å². The molecule has 2 aliphatic rings. The van der Waals surface area contributed by atoms with Gasteiger partial charge in [-0.05, 0) is 12.1 Å². The Morgan fingerprint density at radius 1 is 1.18 bits per heavy atom. The van der Waals surface area contributed by atoms with Crippen LogP contribution in [0.15, 0.2) is 24.3 Å². The molecule has 0 saturated carbocycles. The molecule has 0 N–H and O–H groups in total. The van der Waals surface area contributed by atoms with Crippen molar-refractivity contribution in [2.75, 3.05) is 31.2 Å². The van der Waals surface area contributed by atoms with E-state index >= 15 is 0 Å². The Bertz CT molecular complexity index is 420. The van der Waals surface area contributed by atoms with Crippen LogP contribution in [-0.4, -0.2) is 31.2 Å². The fraction of sp³-hybridized carbons (Fsp3) is 0.500. The summed E-state index contributed by atoms with van der Waals surface area (Å²) in [4.78, 5) is 12.5. The molecule has 0 aliphatic carbocycles. The van der Waals surface area contributed by atoms with E-state index in [4.69, 9.17) is 4.74 Å². The summed E-state index contributed by atoms with van der Waals surface area (Å²) < 4.78 is 5.43. The third-order valence-corrected chi connectivity index (χ3v) is 3.67. The highest BCUT2D eigenvalue weighted by Crippen LogP contribution is 2.32. The van der Waals surface area contributed by atoms with Crippen molar-refractivity contribution in [2.45, 2.75) is 0 Å². The average Bonchev–Trinajstić information content (AvgIpc) is 2.89. The summed E-state index contributed by atoms with van der Waals surface area (Å²) in [5.41, 5.74) is 1.22. The van der Waals surface area contributed by atoms with Gasteiger partial charge in [-0.15, -0.1) is 0 Å². The molecule has 0 spiro atoms. The molecule has 2 heterocycles. The molecule has 1 aromatic carbocycles. The van der Waals surface area contributed by atoms with E-state index < -0.39 is 0 Å². The second-order valence-electron chi connectivity index (χ2n) is 4.74. The van der Waals surface area contributed by atoms with Crippen molar-refractivity contribution in [2.24, 2.45) is 11.8 Å². The Hall–Kier alpha value is -1.62. The number of non-ortho nitro benzene ring substituents is 1. The lowest BCUT2D eigenvalue weighted by molar-refractivity contribution is -0.384. The lowest BCUT2D eigenvalue weighted by Gasteiger charge is -2.19. The Balaban J connectivity index is 1.75. The van der Waals surface area contributed by atoms with Gasteiger partial charge in [0.25, 0.3) is 5.69 Å². The zero-order valence-corrected chi connectivity index (χ0v) is 9.41. The molecule has 3 rings (SSSR count). The number of nitrogens with zero attached hydrogens (tertiary/aromatic N) is 2. The van der Waals surface area contributed by atoms with Crippen LogP contribution in [0.2, 0.25) is 0 Å². The minimum absolute atomic E-state index is 0.150. The smallest absolute Gasteiger partial charge is 0.269 e. The zero-order chi connectivity index (χ0) is 11.8. The normalized spacial score (nSPS) is 27.2. The average molecular weight is 234 g/mol. The lowest BCUT2D eigenvalue weighted by atomic mass is 10.0. The highest BCUT2D eigenvalue weighted by atomic mass is 16.6. The Labute approximate surface area is 99.1 Å². The molecule has 0 aromatic heterocycles. The summed E-state index contributed by atoms with van der Waals surface area (Å²) >= 11 is 0. The first-order chi connectivity index (χ1) is 8.24. The highest BCUT2D eigenvalue weighted by Gasteiger charge is 2.37. The largest absolute Gasteiger partial charge is 0.381 e. The number of ether oxygens (including phenoxy) is 1. The molecule has 17 heavy (non-hydrogen) atoms. The molecule has 0 radical (unpaired) electrons. The van der Waals surface area contributed by atoms with Crippen molar-refractivity contribution in [1.82, 2.24) is 0 Å². The first kappa shape index (κ1) is 10.5. The maximum Gasteiger partial charge on any atom is 0.269 e. The van der Waals surface area contributed by atoms with Crippen LogP contribution in [0.3, 0.4) is 0 Å². The number of anilines is 1. The van der Waals surface area contributed by atoms with E-state index in [0.29, 0.717) is 11.8 Å². The summed E-state index contributed by atoms with van der Waals surface area (Å²) in [6, 6.07) is 6.81. The molecule has 0 unspecified atom stereocenters. The molecule has 2 aliphatic heterocycles. The lowest BCUT2D eigenvalue weighted by Crippen LogP contribution is -2.21. The molecule has 1 aromatic rings. The van der Waals surface area contributed by atoms with Crippen molar-refractivity contribution < 1.29 is 9.66 Å². The quantitative estimate of drug-likeness (QED) is 0.577. The van der Waals surface area contributed by atoms with Gasteiger partial charge in [0.05, 0.1) is 18.1 Å². The van der Waals surface area contributed by atoms with Crippen molar-refractivity contribution in [3.63, 3.8) is 0 Å². The van der Waals surface area contributed by atoms with Gasteiger partial charge >= 0.3 is 0 Å². The van der Waals surface area contributed by atoms with E-state index in [0.717, 1.165) is 32.0 Å². The molecular weight excluding hydrogens is 220 g/mol. The second-order valence-corrected chi connectivity index (χ2v) is 4.74. The highest BCUT2D eigenvalue weighted by molar-refractivity contribution is 5.51. The van der Waals surface area contributed by atoms with E-state index in [1.54, 1.807) is 12.1 Å². The van der Waals surface area contributed by atoms with Crippen LogP contribution in [0.4, 0.5) is 11.4 Å². The molecule has 2 atom stereocenters. The Kier molecular flexibility index (Phi) is 2.48.